The summed E-state index contributed by atoms with van der Waals surface area (Å²) in [7, 11) is 1.97. The Kier molecular flexibility index (Phi) is 4.04. The van der Waals surface area contributed by atoms with Crippen LogP contribution in [0.4, 0.5) is 0 Å². The summed E-state index contributed by atoms with van der Waals surface area (Å²) in [4.78, 5) is 0. The van der Waals surface area contributed by atoms with Crippen molar-refractivity contribution in [3.63, 3.8) is 0 Å². The fourth-order valence-corrected chi connectivity index (χ4v) is 2.60. The number of nitrogens with two attached hydrogens (primary N) is 1. The molecule has 2 aromatic heterocycles. The van der Waals surface area contributed by atoms with E-state index < -0.39 is 0 Å². The summed E-state index contributed by atoms with van der Waals surface area (Å²) < 4.78 is 4.00. The number of aryl methyl sites for hydroxylation is 3. The van der Waals surface area contributed by atoms with E-state index in [2.05, 4.69) is 29.7 Å². The summed E-state index contributed by atoms with van der Waals surface area (Å²) in [6.07, 6.45) is 1.88. The Balaban J connectivity index is 2.39. The van der Waals surface area contributed by atoms with Gasteiger partial charge in [-0.05, 0) is 25.8 Å². The van der Waals surface area contributed by atoms with Crippen LogP contribution in [-0.4, -0.2) is 19.6 Å². The maximum absolute atomic E-state index is 5.87. The second-order valence-electron chi connectivity index (χ2n) is 4.84. The lowest BCUT2D eigenvalue weighted by Crippen LogP contribution is -2.10. The van der Waals surface area contributed by atoms with Crippen LogP contribution in [0.2, 0.25) is 0 Å². The Bertz CT molecular complexity index is 565. The molecule has 104 valence electrons. The number of nitrogens with zero attached hydrogens (tertiary/aromatic N) is 4. The van der Waals surface area contributed by atoms with Crippen molar-refractivity contribution in [3.8, 4) is 0 Å². The Labute approximate surface area is 114 Å². The van der Waals surface area contributed by atoms with Gasteiger partial charge in [0.15, 0.2) is 0 Å². The molecular formula is C14H23N5. The van der Waals surface area contributed by atoms with Gasteiger partial charge in [-0.1, -0.05) is 13.8 Å². The second-order valence-corrected chi connectivity index (χ2v) is 4.84. The van der Waals surface area contributed by atoms with Gasteiger partial charge in [0, 0.05) is 24.8 Å². The molecule has 0 radical (unpaired) electrons. The summed E-state index contributed by atoms with van der Waals surface area (Å²) in [5.74, 6) is 0. The van der Waals surface area contributed by atoms with Crippen molar-refractivity contribution in [2.75, 3.05) is 0 Å². The zero-order chi connectivity index (χ0) is 14.0. The predicted molar refractivity (Wildman–Crippen MR) is 75.9 cm³/mol. The van der Waals surface area contributed by atoms with Gasteiger partial charge in [0.05, 0.1) is 23.6 Å². The quantitative estimate of drug-likeness (QED) is 0.888. The first-order chi connectivity index (χ1) is 9.10. The molecule has 2 rings (SSSR count). The van der Waals surface area contributed by atoms with E-state index in [1.807, 2.05) is 18.7 Å². The molecular weight excluding hydrogens is 238 g/mol. The van der Waals surface area contributed by atoms with Crippen LogP contribution in [0.25, 0.3) is 0 Å². The van der Waals surface area contributed by atoms with Crippen LogP contribution >= 0.6 is 0 Å². The van der Waals surface area contributed by atoms with Gasteiger partial charge in [-0.15, -0.1) is 0 Å². The third-order valence-corrected chi connectivity index (χ3v) is 3.53. The van der Waals surface area contributed by atoms with Crippen LogP contribution in [0, 0.1) is 6.92 Å². The molecule has 0 fully saturated rings. The molecule has 0 bridgehead atoms. The van der Waals surface area contributed by atoms with Gasteiger partial charge in [0.25, 0.3) is 0 Å². The van der Waals surface area contributed by atoms with Crippen molar-refractivity contribution in [3.05, 3.63) is 34.4 Å². The van der Waals surface area contributed by atoms with Gasteiger partial charge in [-0.2, -0.15) is 10.2 Å². The highest BCUT2D eigenvalue weighted by molar-refractivity contribution is 5.27. The van der Waals surface area contributed by atoms with E-state index in [1.165, 1.54) is 17.0 Å². The molecule has 0 saturated heterocycles. The Morgan fingerprint density at radius 2 is 1.95 bits per heavy atom. The van der Waals surface area contributed by atoms with E-state index in [0.717, 1.165) is 30.8 Å². The van der Waals surface area contributed by atoms with Crippen LogP contribution in [-0.2, 0) is 33.0 Å². The molecule has 19 heavy (non-hydrogen) atoms. The number of hydrogen-bond acceptors (Lipinski definition) is 3. The summed E-state index contributed by atoms with van der Waals surface area (Å²) in [5, 5.41) is 9.09. The lowest BCUT2D eigenvalue weighted by atomic mass is 10.1. The van der Waals surface area contributed by atoms with Crippen LogP contribution in [0.3, 0.4) is 0 Å². The van der Waals surface area contributed by atoms with Gasteiger partial charge in [-0.25, -0.2) is 0 Å². The lowest BCUT2D eigenvalue weighted by Gasteiger charge is -2.07. The summed E-state index contributed by atoms with van der Waals surface area (Å²) >= 11 is 0. The molecule has 0 aliphatic carbocycles. The molecule has 2 aromatic rings. The molecule has 0 spiro atoms. The average molecular weight is 261 g/mol. The van der Waals surface area contributed by atoms with Gasteiger partial charge in [0.2, 0.25) is 0 Å². The fourth-order valence-electron chi connectivity index (χ4n) is 2.60. The van der Waals surface area contributed by atoms with Crippen molar-refractivity contribution in [1.82, 2.24) is 19.6 Å². The minimum Gasteiger partial charge on any atom is -0.326 e. The van der Waals surface area contributed by atoms with Crippen LogP contribution in [0.5, 0.6) is 0 Å². The first kappa shape index (κ1) is 13.8. The maximum Gasteiger partial charge on any atom is 0.0831 e. The molecule has 2 heterocycles. The maximum atomic E-state index is 5.87. The average Bonchev–Trinajstić information content (AvgIpc) is 2.89. The van der Waals surface area contributed by atoms with Crippen molar-refractivity contribution >= 4 is 0 Å². The molecule has 2 N–H and O–H groups in total. The van der Waals surface area contributed by atoms with Gasteiger partial charge < -0.3 is 5.73 Å². The normalized spacial score (nSPS) is 11.2. The van der Waals surface area contributed by atoms with E-state index in [4.69, 9.17) is 10.8 Å². The van der Waals surface area contributed by atoms with Crippen molar-refractivity contribution < 1.29 is 0 Å². The molecule has 0 aliphatic heterocycles. The summed E-state index contributed by atoms with van der Waals surface area (Å²) in [6.45, 7) is 7.61. The highest BCUT2D eigenvalue weighted by Gasteiger charge is 2.15. The molecule has 0 saturated carbocycles. The zero-order valence-corrected chi connectivity index (χ0v) is 12.3. The van der Waals surface area contributed by atoms with Gasteiger partial charge >= 0.3 is 0 Å². The van der Waals surface area contributed by atoms with E-state index in [-0.39, 0.29) is 0 Å². The third kappa shape index (κ3) is 2.56. The van der Waals surface area contributed by atoms with E-state index >= 15 is 0 Å². The van der Waals surface area contributed by atoms with Crippen LogP contribution in [0.15, 0.2) is 6.07 Å². The smallest absolute Gasteiger partial charge is 0.0831 e. The van der Waals surface area contributed by atoms with Gasteiger partial charge in [-0.3, -0.25) is 9.36 Å². The first-order valence-electron chi connectivity index (χ1n) is 6.87. The molecule has 0 aliphatic rings. The van der Waals surface area contributed by atoms with Crippen molar-refractivity contribution in [2.45, 2.75) is 46.7 Å². The monoisotopic (exact) mass is 261 g/mol. The Morgan fingerprint density at radius 1 is 1.21 bits per heavy atom. The fraction of sp³-hybridized carbons (Fsp3) is 0.571. The summed E-state index contributed by atoms with van der Waals surface area (Å²) in [6, 6.07) is 2.11. The molecule has 5 nitrogen and oxygen atoms in total. The zero-order valence-electron chi connectivity index (χ0n) is 12.3. The molecule has 0 atom stereocenters. The highest BCUT2D eigenvalue weighted by Crippen LogP contribution is 2.17. The first-order valence-corrected chi connectivity index (χ1v) is 6.87. The second kappa shape index (κ2) is 5.57. The van der Waals surface area contributed by atoms with Crippen LogP contribution in [0.1, 0.15) is 42.2 Å². The SMILES string of the molecule is CCc1nn(Cc2cc(C)nn2C)c(CC)c1CN. The minimum absolute atomic E-state index is 0.566. The molecule has 0 amide bonds. The number of hydrogen-bond donors (Lipinski definition) is 1. The largest absolute Gasteiger partial charge is 0.326 e. The van der Waals surface area contributed by atoms with Crippen molar-refractivity contribution in [2.24, 2.45) is 12.8 Å². The summed E-state index contributed by atoms with van der Waals surface area (Å²) in [5.41, 5.74) is 11.7. The molecule has 0 unspecified atom stereocenters. The standard InChI is InChI=1S/C14H23N5/c1-5-13-12(8-15)14(6-2)19(17-13)9-11-7-10(3)16-18(11)4/h7H,5-6,8-9,15H2,1-4H3. The highest BCUT2D eigenvalue weighted by atomic mass is 15.3. The van der Waals surface area contributed by atoms with E-state index in [0.29, 0.717) is 6.54 Å². The Hall–Kier alpha value is -1.62. The van der Waals surface area contributed by atoms with Gasteiger partial charge in [0.1, 0.15) is 0 Å². The minimum atomic E-state index is 0.566. The van der Waals surface area contributed by atoms with Crippen molar-refractivity contribution in [1.29, 1.82) is 0 Å². The third-order valence-electron chi connectivity index (χ3n) is 3.53. The Morgan fingerprint density at radius 3 is 2.42 bits per heavy atom. The van der Waals surface area contributed by atoms with Crippen LogP contribution < -0.4 is 5.73 Å². The van der Waals surface area contributed by atoms with E-state index in [1.54, 1.807) is 0 Å². The van der Waals surface area contributed by atoms with E-state index in [9.17, 15) is 0 Å². The lowest BCUT2D eigenvalue weighted by molar-refractivity contribution is 0.592. The predicted octanol–water partition coefficient (Wildman–Crippen LogP) is 1.56. The number of aromatic nitrogens is 4. The molecule has 0 aromatic carbocycles. The topological polar surface area (TPSA) is 61.7 Å². The molecule has 5 heteroatoms. The number of rotatable bonds is 5.